The van der Waals surface area contributed by atoms with Crippen LogP contribution in [0, 0.1) is 6.92 Å². The Labute approximate surface area is 193 Å². The minimum absolute atomic E-state index is 0.00493. The number of aryl methyl sites for hydroxylation is 1. The lowest BCUT2D eigenvalue weighted by atomic mass is 10.2. The molecule has 0 fully saturated rings. The number of sulfonamides is 1. The normalized spacial score (nSPS) is 13.3. The van der Waals surface area contributed by atoms with E-state index in [1.807, 2.05) is 0 Å². The number of carbonyl (C=O) groups is 1. The summed E-state index contributed by atoms with van der Waals surface area (Å²) >= 11 is 0.862. The molecule has 1 aromatic heterocycles. The van der Waals surface area contributed by atoms with Crippen LogP contribution in [0.5, 0.6) is 0 Å². The third-order valence-corrected chi connectivity index (χ3v) is 7.64. The molecule has 7 nitrogen and oxygen atoms in total. The van der Waals surface area contributed by atoms with Gasteiger partial charge >= 0.3 is 6.18 Å². The number of benzene rings is 2. The fourth-order valence-corrected chi connectivity index (χ4v) is 4.69. The summed E-state index contributed by atoms with van der Waals surface area (Å²) in [6.45, 7) is 3.23. The van der Waals surface area contributed by atoms with E-state index in [1.54, 1.807) is 31.2 Å². The van der Waals surface area contributed by atoms with Gasteiger partial charge in [-0.2, -0.15) is 13.2 Å². The molecule has 33 heavy (non-hydrogen) atoms. The highest BCUT2D eigenvalue weighted by atomic mass is 32.2. The largest absolute Gasteiger partial charge is 0.451 e. The van der Waals surface area contributed by atoms with Crippen molar-refractivity contribution in [3.63, 3.8) is 0 Å². The van der Waals surface area contributed by atoms with Gasteiger partial charge in [0.15, 0.2) is 0 Å². The molecule has 1 heterocycles. The molecule has 1 atom stereocenters. The Morgan fingerprint density at radius 2 is 1.79 bits per heavy atom. The molecule has 12 heteroatoms. The number of thioether (sulfide) groups is 1. The van der Waals surface area contributed by atoms with Crippen LogP contribution in [0.4, 0.5) is 18.9 Å². The second-order valence-corrected chi connectivity index (χ2v) is 10.9. The minimum atomic E-state index is -4.74. The van der Waals surface area contributed by atoms with Crippen LogP contribution in [0.25, 0.3) is 10.9 Å². The van der Waals surface area contributed by atoms with E-state index in [2.05, 4.69) is 15.3 Å². The van der Waals surface area contributed by atoms with Gasteiger partial charge in [0.2, 0.25) is 21.8 Å². The molecule has 0 aliphatic heterocycles. The molecule has 176 valence electrons. The molecule has 1 amide bonds. The van der Waals surface area contributed by atoms with Crippen molar-refractivity contribution in [3.05, 3.63) is 53.9 Å². The third-order valence-electron chi connectivity index (χ3n) is 4.72. The van der Waals surface area contributed by atoms with Gasteiger partial charge in [-0.15, -0.1) is 0 Å². The molecular formula is C21H21F3N4O3S2. The Balaban J connectivity index is 1.89. The van der Waals surface area contributed by atoms with Crippen LogP contribution in [0.3, 0.4) is 0 Å². The van der Waals surface area contributed by atoms with Gasteiger partial charge in [-0.25, -0.2) is 22.7 Å². The molecule has 3 aromatic rings. The number of halogens is 3. The zero-order valence-corrected chi connectivity index (χ0v) is 19.8. The van der Waals surface area contributed by atoms with Crippen LogP contribution >= 0.6 is 11.8 Å². The molecule has 0 aliphatic carbocycles. The van der Waals surface area contributed by atoms with Gasteiger partial charge in [0, 0.05) is 25.2 Å². The highest BCUT2D eigenvalue weighted by Gasteiger charge is 2.36. The first-order valence-corrected chi connectivity index (χ1v) is 12.0. The Kier molecular flexibility index (Phi) is 7.01. The zero-order chi connectivity index (χ0) is 24.6. The molecule has 0 aliphatic rings. The Bertz CT molecular complexity index is 1310. The number of nitrogens with zero attached hydrogens (tertiary/aromatic N) is 3. The summed E-state index contributed by atoms with van der Waals surface area (Å²) in [5, 5.41) is 2.25. The van der Waals surface area contributed by atoms with Gasteiger partial charge in [0.05, 0.1) is 15.7 Å². The Morgan fingerprint density at radius 1 is 1.12 bits per heavy atom. The van der Waals surface area contributed by atoms with Crippen molar-refractivity contribution in [1.82, 2.24) is 14.3 Å². The van der Waals surface area contributed by atoms with E-state index in [1.165, 1.54) is 39.2 Å². The predicted octanol–water partition coefficient (Wildman–Crippen LogP) is 4.33. The fraction of sp³-hybridized carbons (Fsp3) is 0.286. The number of rotatable bonds is 6. The topological polar surface area (TPSA) is 92.3 Å². The van der Waals surface area contributed by atoms with Gasteiger partial charge in [0.1, 0.15) is 5.03 Å². The summed E-state index contributed by atoms with van der Waals surface area (Å²) in [5.74, 6) is -1.80. The molecule has 0 saturated carbocycles. The Morgan fingerprint density at radius 3 is 2.42 bits per heavy atom. The van der Waals surface area contributed by atoms with Crippen molar-refractivity contribution in [1.29, 1.82) is 0 Å². The van der Waals surface area contributed by atoms with Gasteiger partial charge in [-0.3, -0.25) is 4.79 Å². The van der Waals surface area contributed by atoms with Gasteiger partial charge < -0.3 is 5.32 Å². The number of hydrogen-bond donors (Lipinski definition) is 1. The molecule has 0 bridgehead atoms. The molecule has 0 saturated heterocycles. The SMILES string of the molecule is Cc1ccc(S(=O)(=O)N(C)C)cc1NC(=O)[C@@H](C)Sc1nc(C(F)(F)F)nc2ccccc12. The standard InChI is InChI=1S/C21H21F3N4O3S2/c1-12-9-10-14(33(30,31)28(3)4)11-17(12)25-18(29)13(2)32-19-15-7-5-6-8-16(15)26-20(27-19)21(22,23)24/h5-11,13H,1-4H3,(H,25,29)/t13-/m1/s1. The summed E-state index contributed by atoms with van der Waals surface area (Å²) in [6.07, 6.45) is -4.74. The second kappa shape index (κ2) is 9.27. The van der Waals surface area contributed by atoms with Crippen molar-refractivity contribution in [2.45, 2.75) is 35.2 Å². The quantitative estimate of drug-likeness (QED) is 0.402. The number of fused-ring (bicyclic) bond motifs is 1. The van der Waals surface area contributed by atoms with Crippen molar-refractivity contribution in [2.75, 3.05) is 19.4 Å². The van der Waals surface area contributed by atoms with Crippen LogP contribution in [-0.4, -0.2) is 47.9 Å². The number of anilines is 1. The zero-order valence-electron chi connectivity index (χ0n) is 18.1. The molecular weight excluding hydrogens is 477 g/mol. The number of para-hydroxylation sites is 1. The monoisotopic (exact) mass is 498 g/mol. The average molecular weight is 499 g/mol. The van der Waals surface area contributed by atoms with E-state index in [0.717, 1.165) is 16.1 Å². The number of hydrogen-bond acceptors (Lipinski definition) is 6. The van der Waals surface area contributed by atoms with Crippen molar-refractivity contribution < 1.29 is 26.4 Å². The lowest BCUT2D eigenvalue weighted by molar-refractivity contribution is -0.145. The number of amides is 1. The third kappa shape index (κ3) is 5.45. The average Bonchev–Trinajstić information content (AvgIpc) is 2.74. The van der Waals surface area contributed by atoms with E-state index >= 15 is 0 Å². The first kappa shape index (κ1) is 24.9. The van der Waals surface area contributed by atoms with E-state index in [9.17, 15) is 26.4 Å². The van der Waals surface area contributed by atoms with Crippen molar-refractivity contribution in [3.8, 4) is 0 Å². The highest BCUT2D eigenvalue weighted by molar-refractivity contribution is 8.00. The van der Waals surface area contributed by atoms with Crippen LogP contribution in [-0.2, 0) is 21.0 Å². The lowest BCUT2D eigenvalue weighted by Crippen LogP contribution is -2.25. The van der Waals surface area contributed by atoms with Crippen molar-refractivity contribution in [2.24, 2.45) is 0 Å². The van der Waals surface area contributed by atoms with Gasteiger partial charge in [0.25, 0.3) is 0 Å². The fourth-order valence-electron chi connectivity index (χ4n) is 2.83. The number of carbonyl (C=O) groups excluding carboxylic acids is 1. The number of aromatic nitrogens is 2. The molecule has 3 rings (SSSR count). The van der Waals surface area contributed by atoms with Crippen LogP contribution in [0.2, 0.25) is 0 Å². The van der Waals surface area contributed by atoms with E-state index in [-0.39, 0.29) is 15.4 Å². The van der Waals surface area contributed by atoms with Crippen LogP contribution in [0.15, 0.2) is 52.4 Å². The molecule has 1 N–H and O–H groups in total. The Hall–Kier alpha value is -2.70. The van der Waals surface area contributed by atoms with Crippen LogP contribution in [0.1, 0.15) is 18.3 Å². The lowest BCUT2D eigenvalue weighted by Gasteiger charge is -2.17. The second-order valence-electron chi connectivity index (χ2n) is 7.38. The van der Waals surface area contributed by atoms with E-state index < -0.39 is 33.2 Å². The van der Waals surface area contributed by atoms with E-state index in [4.69, 9.17) is 0 Å². The maximum atomic E-state index is 13.2. The predicted molar refractivity (Wildman–Crippen MR) is 121 cm³/mol. The summed E-state index contributed by atoms with van der Waals surface area (Å²) in [5.41, 5.74) is 1.04. The summed E-state index contributed by atoms with van der Waals surface area (Å²) in [6, 6.07) is 10.6. The summed E-state index contributed by atoms with van der Waals surface area (Å²) in [4.78, 5) is 20.1. The molecule has 0 radical (unpaired) electrons. The first-order chi connectivity index (χ1) is 15.3. The first-order valence-electron chi connectivity index (χ1n) is 9.65. The smallest absolute Gasteiger partial charge is 0.325 e. The maximum Gasteiger partial charge on any atom is 0.451 e. The highest BCUT2D eigenvalue weighted by Crippen LogP contribution is 2.34. The number of alkyl halides is 3. The van der Waals surface area contributed by atoms with Gasteiger partial charge in [-0.1, -0.05) is 36.0 Å². The molecule has 2 aromatic carbocycles. The van der Waals surface area contributed by atoms with E-state index in [0.29, 0.717) is 16.6 Å². The maximum absolute atomic E-state index is 13.2. The molecule has 0 unspecified atom stereocenters. The van der Waals surface area contributed by atoms with Crippen molar-refractivity contribution >= 4 is 44.3 Å². The summed E-state index contributed by atoms with van der Waals surface area (Å²) < 4.78 is 65.6. The summed E-state index contributed by atoms with van der Waals surface area (Å²) in [7, 11) is -0.918. The van der Waals surface area contributed by atoms with Gasteiger partial charge in [-0.05, 0) is 37.6 Å². The van der Waals surface area contributed by atoms with Crippen LogP contribution < -0.4 is 5.32 Å². The number of nitrogens with one attached hydrogen (secondary N) is 1. The minimum Gasteiger partial charge on any atom is -0.325 e. The molecule has 0 spiro atoms.